The number of ether oxygens (including phenoxy) is 3. The van der Waals surface area contributed by atoms with Crippen LogP contribution in [0.1, 0.15) is 28.9 Å². The number of nitrogens with one attached hydrogen (secondary N) is 1. The predicted octanol–water partition coefficient (Wildman–Crippen LogP) is 3.53. The summed E-state index contributed by atoms with van der Waals surface area (Å²) < 4.78 is 21.0. The van der Waals surface area contributed by atoms with E-state index in [2.05, 4.69) is 10.5 Å². The fourth-order valence-corrected chi connectivity index (χ4v) is 3.53. The Morgan fingerprint density at radius 1 is 1.07 bits per heavy atom. The maximum atomic E-state index is 13.1. The first-order chi connectivity index (χ1) is 14.6. The number of anilines is 1. The summed E-state index contributed by atoms with van der Waals surface area (Å²) in [7, 11) is 1.30. The average Bonchev–Trinajstić information content (AvgIpc) is 3.21. The summed E-state index contributed by atoms with van der Waals surface area (Å²) in [5.41, 5.74) is 1.26. The highest BCUT2D eigenvalue weighted by molar-refractivity contribution is 6.05. The summed E-state index contributed by atoms with van der Waals surface area (Å²) in [6.45, 7) is 0.191. The van der Waals surface area contributed by atoms with Gasteiger partial charge in [-0.25, -0.2) is 4.79 Å². The van der Waals surface area contributed by atoms with E-state index in [1.165, 1.54) is 7.11 Å². The minimum Gasteiger partial charge on any atom is -0.465 e. The average molecular weight is 406 g/mol. The quantitative estimate of drug-likeness (QED) is 0.647. The standard InChI is InChI=1S/C22H18N2O6/c1-27-20(25)14-4-2-3-5-15(14)23-21(26)22(8-9-22)19-11-17(30-24-19)13-6-7-16-18(10-13)29-12-28-16/h2-7,10-11H,8-9,12H2,1H3,(H,23,26). The zero-order valence-electron chi connectivity index (χ0n) is 16.1. The molecule has 1 aliphatic heterocycles. The van der Waals surface area contributed by atoms with E-state index in [0.717, 1.165) is 5.56 Å². The lowest BCUT2D eigenvalue weighted by Crippen LogP contribution is -2.29. The zero-order valence-corrected chi connectivity index (χ0v) is 16.1. The molecule has 0 bridgehead atoms. The maximum Gasteiger partial charge on any atom is 0.339 e. The first kappa shape index (κ1) is 18.2. The lowest BCUT2D eigenvalue weighted by atomic mass is 9.99. The highest BCUT2D eigenvalue weighted by Crippen LogP contribution is 2.49. The van der Waals surface area contributed by atoms with Gasteiger partial charge in [0.1, 0.15) is 0 Å². The topological polar surface area (TPSA) is 99.9 Å². The van der Waals surface area contributed by atoms with Crippen molar-refractivity contribution in [1.29, 1.82) is 0 Å². The molecule has 0 saturated heterocycles. The third kappa shape index (κ3) is 2.97. The molecule has 0 spiro atoms. The van der Waals surface area contributed by atoms with Crippen LogP contribution in [0.3, 0.4) is 0 Å². The highest BCUT2D eigenvalue weighted by atomic mass is 16.7. The van der Waals surface area contributed by atoms with E-state index in [9.17, 15) is 9.59 Å². The molecule has 2 aromatic carbocycles. The number of esters is 1. The molecule has 1 fully saturated rings. The Hall–Kier alpha value is -3.81. The number of nitrogens with zero attached hydrogens (tertiary/aromatic N) is 1. The van der Waals surface area contributed by atoms with Gasteiger partial charge >= 0.3 is 5.97 Å². The van der Waals surface area contributed by atoms with E-state index in [0.29, 0.717) is 47.0 Å². The van der Waals surface area contributed by atoms with Gasteiger partial charge in [-0.3, -0.25) is 4.79 Å². The maximum absolute atomic E-state index is 13.1. The van der Waals surface area contributed by atoms with Crippen molar-refractivity contribution in [3.05, 3.63) is 59.8 Å². The molecule has 1 saturated carbocycles. The molecular formula is C22H18N2O6. The Morgan fingerprint density at radius 3 is 2.67 bits per heavy atom. The molecule has 1 aliphatic carbocycles. The number of methoxy groups -OCH3 is 1. The second-order valence-corrected chi connectivity index (χ2v) is 7.22. The first-order valence-corrected chi connectivity index (χ1v) is 9.47. The van der Waals surface area contributed by atoms with Crippen LogP contribution in [0.15, 0.2) is 53.1 Å². The monoisotopic (exact) mass is 406 g/mol. The van der Waals surface area contributed by atoms with Crippen LogP contribution >= 0.6 is 0 Å². The summed E-state index contributed by atoms with van der Waals surface area (Å²) >= 11 is 0. The van der Waals surface area contributed by atoms with Crippen molar-refractivity contribution in [2.45, 2.75) is 18.3 Å². The van der Waals surface area contributed by atoms with Crippen molar-refractivity contribution in [1.82, 2.24) is 5.16 Å². The van der Waals surface area contributed by atoms with Gasteiger partial charge in [0.15, 0.2) is 17.3 Å². The molecule has 3 aromatic rings. The second kappa shape index (κ2) is 6.91. The molecule has 1 aromatic heterocycles. The Morgan fingerprint density at radius 2 is 1.87 bits per heavy atom. The third-order valence-electron chi connectivity index (χ3n) is 5.42. The van der Waals surface area contributed by atoms with Gasteiger partial charge in [0.05, 0.1) is 29.5 Å². The van der Waals surface area contributed by atoms with Gasteiger partial charge in [-0.1, -0.05) is 17.3 Å². The lowest BCUT2D eigenvalue weighted by molar-refractivity contribution is -0.118. The molecule has 1 amide bonds. The number of benzene rings is 2. The molecule has 0 radical (unpaired) electrons. The van der Waals surface area contributed by atoms with Crippen molar-refractivity contribution in [3.8, 4) is 22.8 Å². The minimum atomic E-state index is -0.776. The second-order valence-electron chi connectivity index (χ2n) is 7.22. The van der Waals surface area contributed by atoms with E-state index in [4.69, 9.17) is 18.7 Å². The summed E-state index contributed by atoms with van der Waals surface area (Å²) in [6.07, 6.45) is 1.29. The van der Waals surface area contributed by atoms with Crippen LogP contribution in [0.4, 0.5) is 5.69 Å². The number of fused-ring (bicyclic) bond motifs is 1. The van der Waals surface area contributed by atoms with Crippen LogP contribution in [0, 0.1) is 0 Å². The number of hydrogen-bond acceptors (Lipinski definition) is 7. The molecule has 0 atom stereocenters. The van der Waals surface area contributed by atoms with Gasteiger partial charge < -0.3 is 24.1 Å². The van der Waals surface area contributed by atoms with Crippen LogP contribution in [-0.2, 0) is 14.9 Å². The smallest absolute Gasteiger partial charge is 0.339 e. The molecule has 8 heteroatoms. The fourth-order valence-electron chi connectivity index (χ4n) is 3.53. The first-order valence-electron chi connectivity index (χ1n) is 9.47. The fraction of sp³-hybridized carbons (Fsp3) is 0.227. The summed E-state index contributed by atoms with van der Waals surface area (Å²) in [5, 5.41) is 7.01. The largest absolute Gasteiger partial charge is 0.465 e. The number of carbonyl (C=O) groups excluding carboxylic acids is 2. The van der Waals surface area contributed by atoms with Gasteiger partial charge in [0.25, 0.3) is 0 Å². The van der Waals surface area contributed by atoms with Crippen LogP contribution in [0.5, 0.6) is 11.5 Å². The van der Waals surface area contributed by atoms with E-state index in [1.54, 1.807) is 30.3 Å². The predicted molar refractivity (Wildman–Crippen MR) is 105 cm³/mol. The number of amides is 1. The molecule has 152 valence electrons. The Labute approximate surface area is 171 Å². The van der Waals surface area contributed by atoms with Crippen molar-refractivity contribution in [3.63, 3.8) is 0 Å². The van der Waals surface area contributed by atoms with E-state index in [-0.39, 0.29) is 12.7 Å². The summed E-state index contributed by atoms with van der Waals surface area (Å²) in [5.74, 6) is 1.12. The minimum absolute atomic E-state index is 0.191. The Bertz CT molecular complexity index is 1150. The van der Waals surface area contributed by atoms with Crippen molar-refractivity contribution >= 4 is 17.6 Å². The summed E-state index contributed by atoms with van der Waals surface area (Å²) in [4.78, 5) is 25.0. The number of rotatable bonds is 5. The van der Waals surface area contributed by atoms with Gasteiger partial charge in [-0.05, 0) is 43.2 Å². The van der Waals surface area contributed by atoms with Gasteiger partial charge in [-0.2, -0.15) is 0 Å². The molecular weight excluding hydrogens is 388 g/mol. The molecule has 30 heavy (non-hydrogen) atoms. The van der Waals surface area contributed by atoms with E-state index >= 15 is 0 Å². The molecule has 0 unspecified atom stereocenters. The van der Waals surface area contributed by atoms with Gasteiger partial charge in [0, 0.05) is 11.6 Å². The highest BCUT2D eigenvalue weighted by Gasteiger charge is 2.54. The van der Waals surface area contributed by atoms with Crippen LogP contribution in [0.2, 0.25) is 0 Å². The Balaban J connectivity index is 1.39. The number of aromatic nitrogens is 1. The van der Waals surface area contributed by atoms with Gasteiger partial charge in [0.2, 0.25) is 12.7 Å². The van der Waals surface area contributed by atoms with E-state index in [1.807, 2.05) is 18.2 Å². The Kier molecular flexibility index (Phi) is 4.20. The van der Waals surface area contributed by atoms with E-state index < -0.39 is 11.4 Å². The molecule has 8 nitrogen and oxygen atoms in total. The molecule has 5 rings (SSSR count). The van der Waals surface area contributed by atoms with Crippen LogP contribution in [0.25, 0.3) is 11.3 Å². The number of hydrogen-bond donors (Lipinski definition) is 1. The van der Waals surface area contributed by atoms with Crippen LogP contribution in [-0.4, -0.2) is 30.9 Å². The number of carbonyl (C=O) groups is 2. The third-order valence-corrected chi connectivity index (χ3v) is 5.42. The summed E-state index contributed by atoms with van der Waals surface area (Å²) in [6, 6.07) is 14.0. The normalized spacial score (nSPS) is 15.5. The van der Waals surface area contributed by atoms with Gasteiger partial charge in [-0.15, -0.1) is 0 Å². The SMILES string of the molecule is COC(=O)c1ccccc1NC(=O)C1(c2cc(-c3ccc4c(c3)OCO4)on2)CC1. The molecule has 2 heterocycles. The lowest BCUT2D eigenvalue weighted by Gasteiger charge is -2.14. The van der Waals surface area contributed by atoms with Crippen molar-refractivity contribution in [2.24, 2.45) is 0 Å². The van der Waals surface area contributed by atoms with Crippen molar-refractivity contribution < 1.29 is 28.3 Å². The molecule has 1 N–H and O–H groups in total. The van der Waals surface area contributed by atoms with Crippen LogP contribution < -0.4 is 14.8 Å². The van der Waals surface area contributed by atoms with Crippen molar-refractivity contribution in [2.75, 3.05) is 19.2 Å². The molecule has 2 aliphatic rings. The zero-order chi connectivity index (χ0) is 20.7. The number of para-hydroxylation sites is 1.